The minimum absolute atomic E-state index is 0.156. The molecule has 3 atom stereocenters. The highest BCUT2D eigenvalue weighted by Crippen LogP contribution is 2.27. The number of nitrogens with one attached hydrogen (secondary N) is 1. The maximum atomic E-state index is 13.5. The SMILES string of the molecule is CCCC#Cc1cnc2c(c1)C(=O)N([C@H](C)CO)C[C@@H](C)[C@H](CN(C)C(=O)Nc1c(C)noc1C)O2. The first-order valence-electron chi connectivity index (χ1n) is 12.2. The van der Waals surface area contributed by atoms with Crippen LogP contribution < -0.4 is 10.1 Å². The van der Waals surface area contributed by atoms with Crippen molar-refractivity contribution >= 4 is 17.6 Å². The number of unbranched alkanes of at least 4 members (excludes halogenated alkanes) is 1. The van der Waals surface area contributed by atoms with Crippen LogP contribution in [0.2, 0.25) is 0 Å². The molecule has 0 aliphatic carbocycles. The average Bonchev–Trinajstić information content (AvgIpc) is 3.18. The van der Waals surface area contributed by atoms with Gasteiger partial charge in [-0.25, -0.2) is 9.78 Å². The van der Waals surface area contributed by atoms with Gasteiger partial charge < -0.3 is 29.5 Å². The zero-order valence-corrected chi connectivity index (χ0v) is 21.8. The fourth-order valence-electron chi connectivity index (χ4n) is 3.89. The molecule has 0 bridgehead atoms. The lowest BCUT2D eigenvalue weighted by Crippen LogP contribution is -2.50. The second-order valence-electron chi connectivity index (χ2n) is 9.26. The number of aliphatic hydroxyl groups excluding tert-OH is 1. The summed E-state index contributed by atoms with van der Waals surface area (Å²) in [6.07, 6.45) is 2.81. The van der Waals surface area contributed by atoms with E-state index in [4.69, 9.17) is 9.26 Å². The summed E-state index contributed by atoms with van der Waals surface area (Å²) in [5.41, 5.74) is 2.04. The minimum Gasteiger partial charge on any atom is -0.472 e. The topological polar surface area (TPSA) is 121 Å². The van der Waals surface area contributed by atoms with E-state index < -0.39 is 12.1 Å². The van der Waals surface area contributed by atoms with Crippen LogP contribution in [0.3, 0.4) is 0 Å². The first kappa shape index (κ1) is 27.0. The number of hydrogen-bond acceptors (Lipinski definition) is 7. The first-order valence-corrected chi connectivity index (χ1v) is 12.2. The molecule has 0 aromatic carbocycles. The van der Waals surface area contributed by atoms with Crippen molar-refractivity contribution in [3.63, 3.8) is 0 Å². The third kappa shape index (κ3) is 6.15. The van der Waals surface area contributed by atoms with Crippen LogP contribution in [-0.2, 0) is 0 Å². The van der Waals surface area contributed by atoms with E-state index in [-0.39, 0.29) is 36.9 Å². The third-order valence-corrected chi connectivity index (χ3v) is 6.19. The molecule has 10 heteroatoms. The number of aryl methyl sites for hydroxylation is 2. The van der Waals surface area contributed by atoms with E-state index in [1.807, 2.05) is 13.8 Å². The van der Waals surface area contributed by atoms with E-state index >= 15 is 0 Å². The number of rotatable bonds is 6. The minimum atomic E-state index is -0.463. The van der Waals surface area contributed by atoms with Gasteiger partial charge >= 0.3 is 6.03 Å². The third-order valence-electron chi connectivity index (χ3n) is 6.19. The number of hydrogen-bond donors (Lipinski definition) is 2. The lowest BCUT2D eigenvalue weighted by atomic mass is 10.00. The molecular weight excluding hydrogens is 462 g/mol. The van der Waals surface area contributed by atoms with Crippen LogP contribution in [0.25, 0.3) is 0 Å². The molecule has 194 valence electrons. The van der Waals surface area contributed by atoms with Crippen LogP contribution in [0.5, 0.6) is 5.88 Å². The zero-order chi connectivity index (χ0) is 26.4. The van der Waals surface area contributed by atoms with E-state index in [0.29, 0.717) is 34.8 Å². The van der Waals surface area contributed by atoms with Crippen molar-refractivity contribution in [1.82, 2.24) is 19.9 Å². The molecule has 36 heavy (non-hydrogen) atoms. The second-order valence-corrected chi connectivity index (χ2v) is 9.26. The maximum absolute atomic E-state index is 13.5. The first-order chi connectivity index (χ1) is 17.2. The average molecular weight is 498 g/mol. The molecule has 2 aromatic heterocycles. The Morgan fingerprint density at radius 1 is 1.42 bits per heavy atom. The van der Waals surface area contributed by atoms with Crippen molar-refractivity contribution in [2.75, 3.05) is 32.1 Å². The number of carbonyl (C=O) groups is 2. The van der Waals surface area contributed by atoms with Crippen LogP contribution in [0.1, 0.15) is 61.0 Å². The summed E-state index contributed by atoms with van der Waals surface area (Å²) < 4.78 is 11.4. The Balaban J connectivity index is 1.88. The molecule has 1 aliphatic heterocycles. The molecule has 3 rings (SSSR count). The maximum Gasteiger partial charge on any atom is 0.321 e. The van der Waals surface area contributed by atoms with E-state index in [1.54, 1.807) is 45.0 Å². The van der Waals surface area contributed by atoms with Gasteiger partial charge in [0.05, 0.1) is 19.2 Å². The Bertz CT molecular complexity index is 1130. The number of nitrogens with zero attached hydrogens (tertiary/aromatic N) is 4. The summed E-state index contributed by atoms with van der Waals surface area (Å²) >= 11 is 0. The van der Waals surface area contributed by atoms with Crippen LogP contribution in [0.4, 0.5) is 10.5 Å². The normalized spacial score (nSPS) is 18.2. The molecule has 0 radical (unpaired) electrons. The number of urea groups is 1. The number of pyridine rings is 1. The number of fused-ring (bicyclic) bond motifs is 1. The molecule has 0 fully saturated rings. The number of aromatic nitrogens is 2. The Morgan fingerprint density at radius 3 is 2.81 bits per heavy atom. The number of amides is 3. The van der Waals surface area contributed by atoms with E-state index in [1.165, 1.54) is 4.90 Å². The predicted octanol–water partition coefficient (Wildman–Crippen LogP) is 3.22. The van der Waals surface area contributed by atoms with Crippen LogP contribution in [0.15, 0.2) is 16.8 Å². The van der Waals surface area contributed by atoms with Gasteiger partial charge in [0.15, 0.2) is 5.76 Å². The quantitative estimate of drug-likeness (QED) is 0.588. The van der Waals surface area contributed by atoms with Crippen molar-refractivity contribution < 1.29 is 24.0 Å². The molecule has 0 unspecified atom stereocenters. The lowest BCUT2D eigenvalue weighted by Gasteiger charge is -2.37. The van der Waals surface area contributed by atoms with Crippen LogP contribution >= 0.6 is 0 Å². The van der Waals surface area contributed by atoms with Crippen molar-refractivity contribution in [2.45, 2.75) is 59.6 Å². The van der Waals surface area contributed by atoms with Crippen LogP contribution in [0, 0.1) is 31.6 Å². The van der Waals surface area contributed by atoms with Crippen molar-refractivity contribution in [2.24, 2.45) is 5.92 Å². The molecule has 1 aliphatic rings. The smallest absolute Gasteiger partial charge is 0.321 e. The molecule has 10 nitrogen and oxygen atoms in total. The summed E-state index contributed by atoms with van der Waals surface area (Å²) in [4.78, 5) is 33.9. The summed E-state index contributed by atoms with van der Waals surface area (Å²) in [5, 5.41) is 16.5. The Hall–Kier alpha value is -3.58. The predicted molar refractivity (Wildman–Crippen MR) is 135 cm³/mol. The Morgan fingerprint density at radius 2 is 2.17 bits per heavy atom. The fourth-order valence-corrected chi connectivity index (χ4v) is 3.89. The summed E-state index contributed by atoms with van der Waals surface area (Å²) in [7, 11) is 1.67. The molecule has 0 saturated carbocycles. The van der Waals surface area contributed by atoms with Crippen molar-refractivity contribution in [3.8, 4) is 17.7 Å². The largest absolute Gasteiger partial charge is 0.472 e. The van der Waals surface area contributed by atoms with E-state index in [0.717, 1.165) is 12.8 Å². The van der Waals surface area contributed by atoms with Gasteiger partial charge in [0.2, 0.25) is 5.88 Å². The Kier molecular flexibility index (Phi) is 8.93. The monoisotopic (exact) mass is 497 g/mol. The number of anilines is 1. The second kappa shape index (κ2) is 11.9. The van der Waals surface area contributed by atoms with Crippen molar-refractivity contribution in [3.05, 3.63) is 34.8 Å². The molecule has 3 heterocycles. The molecule has 2 aromatic rings. The molecule has 3 amide bonds. The zero-order valence-electron chi connectivity index (χ0n) is 21.8. The number of ether oxygens (including phenoxy) is 1. The summed E-state index contributed by atoms with van der Waals surface area (Å²) in [5.74, 6) is 6.40. The van der Waals surface area contributed by atoms with Crippen LogP contribution in [-0.4, -0.2) is 75.9 Å². The van der Waals surface area contributed by atoms with E-state index in [9.17, 15) is 14.7 Å². The van der Waals surface area contributed by atoms with Gasteiger partial charge in [-0.15, -0.1) is 0 Å². The van der Waals surface area contributed by atoms with Crippen molar-refractivity contribution in [1.29, 1.82) is 0 Å². The van der Waals surface area contributed by atoms with Gasteiger partial charge in [-0.2, -0.15) is 0 Å². The van der Waals surface area contributed by atoms with Gasteiger partial charge in [0.25, 0.3) is 5.91 Å². The highest BCUT2D eigenvalue weighted by atomic mass is 16.5. The van der Waals surface area contributed by atoms with Gasteiger partial charge in [0, 0.05) is 37.7 Å². The Labute approximate surface area is 212 Å². The summed E-state index contributed by atoms with van der Waals surface area (Å²) in [6, 6.07) is 0.946. The lowest BCUT2D eigenvalue weighted by molar-refractivity contribution is 0.0356. The molecule has 0 saturated heterocycles. The molecular formula is C26H35N5O5. The van der Waals surface area contributed by atoms with Gasteiger partial charge in [-0.05, 0) is 33.3 Å². The fraction of sp³-hybridized carbons (Fsp3) is 0.538. The number of aliphatic hydroxyl groups is 1. The van der Waals surface area contributed by atoms with E-state index in [2.05, 4.69) is 27.3 Å². The summed E-state index contributed by atoms with van der Waals surface area (Å²) in [6.45, 7) is 9.68. The number of carbonyl (C=O) groups excluding carboxylic acids is 2. The number of likely N-dealkylation sites (N-methyl/N-ethyl adjacent to an activating group) is 1. The molecule has 2 N–H and O–H groups in total. The van der Waals surface area contributed by atoms with Gasteiger partial charge in [0.1, 0.15) is 23.0 Å². The van der Waals surface area contributed by atoms with Gasteiger partial charge in [-0.3, -0.25) is 4.79 Å². The van der Waals surface area contributed by atoms with Gasteiger partial charge in [-0.1, -0.05) is 30.8 Å². The molecule has 0 spiro atoms. The highest BCUT2D eigenvalue weighted by Gasteiger charge is 2.34. The standard InChI is InChI=1S/C26H35N5O5/c1-7-8-9-10-20-11-21-24(27-12-20)35-22(16(2)13-31(25(21)33)17(3)15-32)14-30(6)26(34)28-23-18(4)29-36-19(23)5/h11-12,16-17,22,32H,7-8,13-15H2,1-6H3,(H,28,34)/t16-,17-,22+/m1/s1. The highest BCUT2D eigenvalue weighted by molar-refractivity contribution is 5.97.